The molecule has 5 nitrogen and oxygen atoms in total. The van der Waals surface area contributed by atoms with Gasteiger partial charge in [-0.3, -0.25) is 14.9 Å². The molecule has 0 spiro atoms. The van der Waals surface area contributed by atoms with Crippen molar-refractivity contribution in [2.24, 2.45) is 0 Å². The van der Waals surface area contributed by atoms with Gasteiger partial charge in [0, 0.05) is 23.7 Å². The summed E-state index contributed by atoms with van der Waals surface area (Å²) in [6, 6.07) is 11.3. The maximum Gasteiger partial charge on any atom is 0.292 e. The van der Waals surface area contributed by atoms with Crippen molar-refractivity contribution in [1.29, 1.82) is 0 Å². The Kier molecular flexibility index (Phi) is 4.91. The van der Waals surface area contributed by atoms with Gasteiger partial charge in [0.05, 0.1) is 4.92 Å². The molecule has 0 saturated heterocycles. The fourth-order valence-electron chi connectivity index (χ4n) is 1.92. The summed E-state index contributed by atoms with van der Waals surface area (Å²) in [4.78, 5) is 22.5. The van der Waals surface area contributed by atoms with E-state index in [1.54, 1.807) is 43.4 Å². The number of carbonyl (C=O) groups is 1. The van der Waals surface area contributed by atoms with Crippen LogP contribution in [0.2, 0.25) is 5.02 Å². The highest BCUT2D eigenvalue weighted by Gasteiger charge is 2.12. The maximum absolute atomic E-state index is 12.0. The van der Waals surface area contributed by atoms with E-state index in [9.17, 15) is 14.9 Å². The first kappa shape index (κ1) is 15.7. The van der Waals surface area contributed by atoms with Crippen LogP contribution < -0.4 is 5.32 Å². The number of nitro benzene ring substituents is 1. The lowest BCUT2D eigenvalue weighted by Gasteiger charge is -2.02. The minimum atomic E-state index is -0.470. The van der Waals surface area contributed by atoms with E-state index in [1.807, 2.05) is 0 Å². The Balaban J connectivity index is 2.25. The number of hydrogen-bond donors (Lipinski definition) is 1. The number of benzene rings is 2. The van der Waals surface area contributed by atoms with Crippen LogP contribution in [-0.2, 0) is 0 Å². The van der Waals surface area contributed by atoms with E-state index in [4.69, 9.17) is 11.6 Å². The molecule has 0 amide bonds. The van der Waals surface area contributed by atoms with Crippen LogP contribution in [0, 0.1) is 10.1 Å². The molecular weight excluding hydrogens is 304 g/mol. The highest BCUT2D eigenvalue weighted by Crippen LogP contribution is 2.25. The lowest BCUT2D eigenvalue weighted by Crippen LogP contribution is -1.97. The third-order valence-electron chi connectivity index (χ3n) is 3.02. The van der Waals surface area contributed by atoms with E-state index >= 15 is 0 Å². The Morgan fingerprint density at radius 2 is 2.05 bits per heavy atom. The van der Waals surface area contributed by atoms with Gasteiger partial charge in [-0.15, -0.1) is 0 Å². The molecule has 0 heterocycles. The minimum Gasteiger partial charge on any atom is -0.383 e. The van der Waals surface area contributed by atoms with Crippen LogP contribution in [0.15, 0.2) is 48.5 Å². The zero-order valence-corrected chi connectivity index (χ0v) is 12.5. The second-order valence-electron chi connectivity index (χ2n) is 4.49. The summed E-state index contributed by atoms with van der Waals surface area (Å²) in [5.74, 6) is -0.220. The SMILES string of the molecule is CNc1ccc(/C=C/C(=O)c2cccc(Cl)c2)cc1[N+](=O)[O-]. The van der Waals surface area contributed by atoms with Gasteiger partial charge in [0.1, 0.15) is 5.69 Å². The van der Waals surface area contributed by atoms with Crippen LogP contribution >= 0.6 is 11.6 Å². The minimum absolute atomic E-state index is 0.0418. The first-order chi connectivity index (χ1) is 10.5. The maximum atomic E-state index is 12.0. The second kappa shape index (κ2) is 6.87. The highest BCUT2D eigenvalue weighted by atomic mass is 35.5. The van der Waals surface area contributed by atoms with E-state index in [0.29, 0.717) is 21.8 Å². The lowest BCUT2D eigenvalue weighted by atomic mass is 10.1. The van der Waals surface area contributed by atoms with Gasteiger partial charge in [0.2, 0.25) is 0 Å². The van der Waals surface area contributed by atoms with Gasteiger partial charge in [-0.05, 0) is 29.8 Å². The molecule has 0 bridgehead atoms. The third-order valence-corrected chi connectivity index (χ3v) is 3.26. The first-order valence-electron chi connectivity index (χ1n) is 6.45. The molecule has 0 atom stereocenters. The fraction of sp³-hybridized carbons (Fsp3) is 0.0625. The average molecular weight is 317 g/mol. The molecule has 0 radical (unpaired) electrons. The molecule has 2 aromatic carbocycles. The smallest absolute Gasteiger partial charge is 0.292 e. The highest BCUT2D eigenvalue weighted by molar-refractivity contribution is 6.31. The van der Waals surface area contributed by atoms with E-state index < -0.39 is 4.92 Å². The molecule has 0 aliphatic heterocycles. The molecule has 2 rings (SSSR count). The zero-order valence-electron chi connectivity index (χ0n) is 11.7. The largest absolute Gasteiger partial charge is 0.383 e. The summed E-state index contributed by atoms with van der Waals surface area (Å²) in [6.45, 7) is 0. The number of halogens is 1. The number of carbonyl (C=O) groups excluding carboxylic acids is 1. The predicted molar refractivity (Wildman–Crippen MR) is 87.5 cm³/mol. The molecule has 0 aromatic heterocycles. The number of nitro groups is 1. The predicted octanol–water partition coefficient (Wildman–Crippen LogP) is 4.19. The Bertz CT molecular complexity index is 757. The number of hydrogen-bond acceptors (Lipinski definition) is 4. The molecule has 22 heavy (non-hydrogen) atoms. The number of ketones is 1. The van der Waals surface area contributed by atoms with Gasteiger partial charge in [-0.2, -0.15) is 0 Å². The molecule has 0 saturated carbocycles. The van der Waals surface area contributed by atoms with Gasteiger partial charge >= 0.3 is 0 Å². The molecular formula is C16H13ClN2O3. The quantitative estimate of drug-likeness (QED) is 0.388. The van der Waals surface area contributed by atoms with E-state index in [2.05, 4.69) is 5.32 Å². The Labute approximate surface area is 132 Å². The Hall–Kier alpha value is -2.66. The van der Waals surface area contributed by atoms with Crippen molar-refractivity contribution < 1.29 is 9.72 Å². The zero-order chi connectivity index (χ0) is 16.1. The summed E-state index contributed by atoms with van der Waals surface area (Å²) in [6.07, 6.45) is 2.90. The second-order valence-corrected chi connectivity index (χ2v) is 4.93. The summed E-state index contributed by atoms with van der Waals surface area (Å²) >= 11 is 5.84. The fourth-order valence-corrected chi connectivity index (χ4v) is 2.11. The molecule has 6 heteroatoms. The number of allylic oxidation sites excluding steroid dienone is 1. The normalized spacial score (nSPS) is 10.6. The van der Waals surface area contributed by atoms with Crippen LogP contribution in [0.25, 0.3) is 6.08 Å². The Morgan fingerprint density at radius 3 is 2.68 bits per heavy atom. The lowest BCUT2D eigenvalue weighted by molar-refractivity contribution is -0.383. The molecule has 0 aliphatic rings. The van der Waals surface area contributed by atoms with Crippen molar-refractivity contribution in [3.05, 3.63) is 74.8 Å². The molecule has 1 N–H and O–H groups in total. The topological polar surface area (TPSA) is 72.2 Å². The van der Waals surface area contributed by atoms with Crippen molar-refractivity contribution in [2.45, 2.75) is 0 Å². The molecule has 112 valence electrons. The van der Waals surface area contributed by atoms with Crippen LogP contribution in [0.1, 0.15) is 15.9 Å². The van der Waals surface area contributed by atoms with Crippen molar-refractivity contribution in [1.82, 2.24) is 0 Å². The van der Waals surface area contributed by atoms with Crippen molar-refractivity contribution in [3.8, 4) is 0 Å². The van der Waals surface area contributed by atoms with Crippen LogP contribution in [0.3, 0.4) is 0 Å². The summed E-state index contributed by atoms with van der Waals surface area (Å²) in [5.41, 5.74) is 1.41. The Morgan fingerprint density at radius 1 is 1.27 bits per heavy atom. The van der Waals surface area contributed by atoms with E-state index in [0.717, 1.165) is 0 Å². The van der Waals surface area contributed by atoms with Crippen molar-refractivity contribution in [3.63, 3.8) is 0 Å². The van der Waals surface area contributed by atoms with Crippen LogP contribution in [0.5, 0.6) is 0 Å². The van der Waals surface area contributed by atoms with Gasteiger partial charge in [0.15, 0.2) is 5.78 Å². The number of anilines is 1. The van der Waals surface area contributed by atoms with E-state index in [1.165, 1.54) is 18.2 Å². The summed E-state index contributed by atoms with van der Waals surface area (Å²) < 4.78 is 0. The van der Waals surface area contributed by atoms with Crippen molar-refractivity contribution >= 4 is 34.8 Å². The van der Waals surface area contributed by atoms with Gasteiger partial charge in [-0.1, -0.05) is 35.9 Å². The molecule has 0 aliphatic carbocycles. The molecule has 0 fully saturated rings. The molecule has 0 unspecified atom stereocenters. The average Bonchev–Trinajstić information content (AvgIpc) is 2.52. The summed E-state index contributed by atoms with van der Waals surface area (Å²) in [5, 5.41) is 14.2. The monoisotopic (exact) mass is 316 g/mol. The summed E-state index contributed by atoms with van der Waals surface area (Å²) in [7, 11) is 1.61. The van der Waals surface area contributed by atoms with Crippen molar-refractivity contribution in [2.75, 3.05) is 12.4 Å². The number of nitrogens with one attached hydrogen (secondary N) is 1. The van der Waals surface area contributed by atoms with Crippen LogP contribution in [-0.4, -0.2) is 17.8 Å². The van der Waals surface area contributed by atoms with Gasteiger partial charge < -0.3 is 5.32 Å². The third kappa shape index (κ3) is 3.71. The number of nitrogens with zero attached hydrogens (tertiary/aromatic N) is 1. The molecule has 2 aromatic rings. The number of rotatable bonds is 5. The van der Waals surface area contributed by atoms with Gasteiger partial charge in [0.25, 0.3) is 5.69 Å². The van der Waals surface area contributed by atoms with E-state index in [-0.39, 0.29) is 11.5 Å². The van der Waals surface area contributed by atoms with Crippen LogP contribution in [0.4, 0.5) is 11.4 Å². The first-order valence-corrected chi connectivity index (χ1v) is 6.83. The van der Waals surface area contributed by atoms with Gasteiger partial charge in [-0.25, -0.2) is 0 Å². The standard InChI is InChI=1S/C16H13ClN2O3/c1-18-14-7-5-11(9-15(14)19(21)22)6-8-16(20)12-3-2-4-13(17)10-12/h2-10,18H,1H3/b8-6+.